The lowest BCUT2D eigenvalue weighted by Gasteiger charge is -2.23. The quantitative estimate of drug-likeness (QED) is 0.220. The SMILES string of the molecule is ClC1=C(C=CC2=CC(c3ccccc3)Sc3ccccc32)CCCC1=CC=C1C=C(c2ccccc2)Sc2ccccc21. The fourth-order valence-electron chi connectivity index (χ4n) is 5.82. The average molecular weight is 611 g/mol. The van der Waals surface area contributed by atoms with E-state index >= 15 is 0 Å². The van der Waals surface area contributed by atoms with E-state index in [2.05, 4.69) is 146 Å². The first-order chi connectivity index (χ1) is 21.2. The van der Waals surface area contributed by atoms with Crippen molar-refractivity contribution >= 4 is 51.2 Å². The van der Waals surface area contributed by atoms with E-state index in [0.717, 1.165) is 24.3 Å². The molecule has 43 heavy (non-hydrogen) atoms. The lowest BCUT2D eigenvalue weighted by Crippen LogP contribution is -2.00. The molecule has 2 heterocycles. The summed E-state index contributed by atoms with van der Waals surface area (Å²) in [5.41, 5.74) is 10.0. The summed E-state index contributed by atoms with van der Waals surface area (Å²) >= 11 is 10.9. The highest BCUT2D eigenvalue weighted by Crippen LogP contribution is 2.47. The smallest absolute Gasteiger partial charge is 0.0533 e. The highest BCUT2D eigenvalue weighted by molar-refractivity contribution is 8.08. The van der Waals surface area contributed by atoms with Crippen molar-refractivity contribution in [2.75, 3.05) is 0 Å². The van der Waals surface area contributed by atoms with E-state index in [1.54, 1.807) is 0 Å². The first kappa shape index (κ1) is 28.1. The Balaban J connectivity index is 1.21. The number of thioether (sulfide) groups is 2. The fourth-order valence-corrected chi connectivity index (χ4v) is 8.50. The fraction of sp³-hybridized carbons (Fsp3) is 0.100. The van der Waals surface area contributed by atoms with Crippen molar-refractivity contribution in [1.29, 1.82) is 0 Å². The van der Waals surface area contributed by atoms with Crippen molar-refractivity contribution in [3.63, 3.8) is 0 Å². The zero-order chi connectivity index (χ0) is 29.0. The molecule has 7 rings (SSSR count). The second kappa shape index (κ2) is 12.9. The molecule has 2 aliphatic heterocycles. The van der Waals surface area contributed by atoms with Crippen LogP contribution in [0.5, 0.6) is 0 Å². The number of fused-ring (bicyclic) bond motifs is 2. The second-order valence-electron chi connectivity index (χ2n) is 10.9. The van der Waals surface area contributed by atoms with Crippen molar-refractivity contribution in [3.05, 3.63) is 184 Å². The van der Waals surface area contributed by atoms with Gasteiger partial charge in [-0.2, -0.15) is 0 Å². The van der Waals surface area contributed by atoms with Crippen LogP contribution >= 0.6 is 35.1 Å². The van der Waals surface area contributed by atoms with Gasteiger partial charge in [-0.25, -0.2) is 0 Å². The molecule has 1 atom stereocenters. The number of hydrogen-bond donors (Lipinski definition) is 0. The minimum atomic E-state index is 0.291. The van der Waals surface area contributed by atoms with E-state index in [1.807, 2.05) is 23.5 Å². The number of hydrogen-bond acceptors (Lipinski definition) is 2. The van der Waals surface area contributed by atoms with Crippen LogP contribution in [-0.2, 0) is 0 Å². The Morgan fingerprint density at radius 2 is 1.37 bits per heavy atom. The summed E-state index contributed by atoms with van der Waals surface area (Å²) in [6.45, 7) is 0. The first-order valence-electron chi connectivity index (χ1n) is 14.8. The van der Waals surface area contributed by atoms with Gasteiger partial charge in [-0.1, -0.05) is 151 Å². The third-order valence-corrected chi connectivity index (χ3v) is 11.0. The summed E-state index contributed by atoms with van der Waals surface area (Å²) in [4.78, 5) is 3.88. The van der Waals surface area contributed by atoms with Gasteiger partial charge in [0.05, 0.1) is 5.25 Å². The zero-order valence-electron chi connectivity index (χ0n) is 23.7. The maximum atomic E-state index is 7.12. The van der Waals surface area contributed by atoms with Crippen molar-refractivity contribution in [3.8, 4) is 0 Å². The summed E-state index contributed by atoms with van der Waals surface area (Å²) in [5.74, 6) is 0. The Morgan fingerprint density at radius 3 is 2.19 bits per heavy atom. The van der Waals surface area contributed by atoms with Gasteiger partial charge in [-0.15, -0.1) is 11.8 Å². The lowest BCUT2D eigenvalue weighted by molar-refractivity contribution is 0.792. The molecule has 1 aliphatic carbocycles. The highest BCUT2D eigenvalue weighted by atomic mass is 35.5. The van der Waals surface area contributed by atoms with E-state index < -0.39 is 0 Å². The number of benzene rings is 4. The standard InChI is InChI=1S/C40H31ClS2/c41-40-30(22-24-32-26-38(28-12-3-1-4-13-28)42-36-20-9-7-18-34(32)36)16-11-17-31(40)23-25-33-27-39(29-14-5-2-6-15-29)43-37-21-10-8-19-35(33)37/h1-10,12-15,18-27,38H,11,16-17H2. The van der Waals surface area contributed by atoms with Gasteiger partial charge in [0.2, 0.25) is 0 Å². The molecule has 4 aromatic rings. The van der Waals surface area contributed by atoms with Gasteiger partial charge in [-0.3, -0.25) is 0 Å². The predicted octanol–water partition coefficient (Wildman–Crippen LogP) is 12.3. The van der Waals surface area contributed by atoms with Crippen molar-refractivity contribution in [2.45, 2.75) is 34.3 Å². The topological polar surface area (TPSA) is 0 Å². The number of rotatable bonds is 5. The molecule has 1 unspecified atom stereocenters. The zero-order valence-corrected chi connectivity index (χ0v) is 26.1. The molecule has 3 aliphatic rings. The maximum absolute atomic E-state index is 7.12. The number of allylic oxidation sites excluding steroid dienone is 10. The van der Waals surface area contributed by atoms with Crippen molar-refractivity contribution < 1.29 is 0 Å². The normalized spacial score (nSPS) is 20.2. The molecule has 0 N–H and O–H groups in total. The molecule has 0 fully saturated rings. The molecule has 3 heteroatoms. The van der Waals surface area contributed by atoms with Gasteiger partial charge in [0.1, 0.15) is 0 Å². The van der Waals surface area contributed by atoms with Crippen LogP contribution < -0.4 is 0 Å². The van der Waals surface area contributed by atoms with Crippen molar-refractivity contribution in [2.24, 2.45) is 0 Å². The molecule has 0 aromatic heterocycles. The Hall–Kier alpha value is -3.69. The van der Waals surface area contributed by atoms with Gasteiger partial charge >= 0.3 is 0 Å². The molecule has 0 spiro atoms. The van der Waals surface area contributed by atoms with Gasteiger partial charge < -0.3 is 0 Å². The lowest BCUT2D eigenvalue weighted by atomic mass is 9.92. The molecular formula is C40H31ClS2. The van der Waals surface area contributed by atoms with Crippen molar-refractivity contribution in [1.82, 2.24) is 0 Å². The molecule has 0 saturated heterocycles. The number of halogens is 1. The van der Waals surface area contributed by atoms with E-state index in [1.165, 1.54) is 59.2 Å². The van der Waals surface area contributed by atoms with Gasteiger partial charge in [0, 0.05) is 19.7 Å². The van der Waals surface area contributed by atoms with Crippen LogP contribution in [0.1, 0.15) is 46.8 Å². The minimum absolute atomic E-state index is 0.291. The van der Waals surface area contributed by atoms with Crippen LogP contribution in [-0.4, -0.2) is 0 Å². The van der Waals surface area contributed by atoms with Crippen LogP contribution in [0, 0.1) is 0 Å². The van der Waals surface area contributed by atoms with E-state index in [9.17, 15) is 0 Å². The second-order valence-corrected chi connectivity index (χ2v) is 13.5. The molecule has 0 nitrogen and oxygen atoms in total. The van der Waals surface area contributed by atoms with Crippen LogP contribution in [0.25, 0.3) is 16.1 Å². The summed E-state index contributed by atoms with van der Waals surface area (Å²) in [6, 6.07) is 38.8. The average Bonchev–Trinajstić information content (AvgIpc) is 3.07. The Labute approximate surface area is 268 Å². The van der Waals surface area contributed by atoms with Gasteiger partial charge in [0.15, 0.2) is 0 Å². The maximum Gasteiger partial charge on any atom is 0.0533 e. The third-order valence-electron chi connectivity index (χ3n) is 8.06. The Kier molecular flexibility index (Phi) is 8.43. The van der Waals surface area contributed by atoms with Crippen LogP contribution in [0.2, 0.25) is 0 Å². The summed E-state index contributed by atoms with van der Waals surface area (Å²) in [7, 11) is 0. The summed E-state index contributed by atoms with van der Waals surface area (Å²) < 4.78 is 0. The van der Waals surface area contributed by atoms with E-state index in [4.69, 9.17) is 11.6 Å². The molecule has 210 valence electrons. The molecule has 0 saturated carbocycles. The largest absolute Gasteiger partial charge is 0.113 e. The molecule has 0 radical (unpaired) electrons. The van der Waals surface area contributed by atoms with E-state index in [-0.39, 0.29) is 0 Å². The Morgan fingerprint density at radius 1 is 0.674 bits per heavy atom. The van der Waals surface area contributed by atoms with E-state index in [0.29, 0.717) is 5.25 Å². The minimum Gasteiger partial charge on any atom is -0.113 e. The monoisotopic (exact) mass is 610 g/mol. The molecular weight excluding hydrogens is 580 g/mol. The molecule has 4 aromatic carbocycles. The summed E-state index contributed by atoms with van der Waals surface area (Å²) in [5, 5.41) is 1.18. The van der Waals surface area contributed by atoms with Crippen LogP contribution in [0.4, 0.5) is 0 Å². The van der Waals surface area contributed by atoms with Gasteiger partial charge in [0.25, 0.3) is 0 Å². The third kappa shape index (κ3) is 6.19. The van der Waals surface area contributed by atoms with Crippen LogP contribution in [0.15, 0.2) is 172 Å². The first-order valence-corrected chi connectivity index (χ1v) is 16.9. The van der Waals surface area contributed by atoms with Gasteiger partial charge in [-0.05, 0) is 82.0 Å². The predicted molar refractivity (Wildman–Crippen MR) is 188 cm³/mol. The van der Waals surface area contributed by atoms with Crippen LogP contribution in [0.3, 0.4) is 0 Å². The Bertz CT molecular complexity index is 1840. The molecule has 0 bridgehead atoms. The summed E-state index contributed by atoms with van der Waals surface area (Å²) in [6.07, 6.45) is 16.8. The molecule has 0 amide bonds. The highest BCUT2D eigenvalue weighted by Gasteiger charge is 2.21.